The minimum atomic E-state index is -0.175. The lowest BCUT2D eigenvalue weighted by Crippen LogP contribution is -2.56. The van der Waals surface area contributed by atoms with Gasteiger partial charge in [0.2, 0.25) is 5.91 Å². The molecule has 3 heterocycles. The minimum Gasteiger partial charge on any atom is -0.348 e. The number of aromatic nitrogens is 2. The Kier molecular flexibility index (Phi) is 5.02. The highest BCUT2D eigenvalue weighted by atomic mass is 19.1. The average molecular weight is 356 g/mol. The number of hydrogen-bond donors (Lipinski definition) is 1. The number of benzene rings is 1. The van der Waals surface area contributed by atoms with Gasteiger partial charge in [-0.2, -0.15) is 0 Å². The van der Waals surface area contributed by atoms with Gasteiger partial charge in [-0.25, -0.2) is 9.37 Å². The van der Waals surface area contributed by atoms with Gasteiger partial charge in [0, 0.05) is 57.0 Å². The van der Waals surface area contributed by atoms with Crippen molar-refractivity contribution in [3.8, 4) is 0 Å². The highest BCUT2D eigenvalue weighted by molar-refractivity contribution is 5.77. The number of likely N-dealkylation sites (tertiary alicyclic amines) is 2. The van der Waals surface area contributed by atoms with Crippen molar-refractivity contribution in [1.29, 1.82) is 0 Å². The number of carbonyl (C=O) groups excluding carboxylic acids is 1. The van der Waals surface area contributed by atoms with E-state index in [1.165, 1.54) is 6.07 Å². The fraction of sp³-hybridized carbons (Fsp3) is 0.500. The van der Waals surface area contributed by atoms with Crippen LogP contribution in [0.5, 0.6) is 0 Å². The normalized spacial score (nSPS) is 23.9. The molecule has 138 valence electrons. The smallest absolute Gasteiger partial charge is 0.222 e. The Balaban J connectivity index is 1.37. The van der Waals surface area contributed by atoms with Crippen LogP contribution < -0.4 is 0 Å². The van der Waals surface area contributed by atoms with E-state index in [9.17, 15) is 9.18 Å². The summed E-state index contributed by atoms with van der Waals surface area (Å²) in [5.41, 5.74) is 2.09. The second-order valence-electron chi connectivity index (χ2n) is 7.43. The maximum absolute atomic E-state index is 13.4. The van der Waals surface area contributed by atoms with Crippen molar-refractivity contribution < 1.29 is 9.18 Å². The first-order chi connectivity index (χ1) is 12.7. The molecule has 0 radical (unpaired) electrons. The second-order valence-corrected chi connectivity index (χ2v) is 7.43. The van der Waals surface area contributed by atoms with Crippen molar-refractivity contribution in [2.24, 2.45) is 5.92 Å². The lowest BCUT2D eigenvalue weighted by molar-refractivity contribution is -0.141. The number of hydrogen-bond acceptors (Lipinski definition) is 3. The minimum absolute atomic E-state index is 0.175. The number of rotatable bonds is 5. The summed E-state index contributed by atoms with van der Waals surface area (Å²) in [7, 11) is 0. The predicted molar refractivity (Wildman–Crippen MR) is 96.8 cm³/mol. The summed E-state index contributed by atoms with van der Waals surface area (Å²) >= 11 is 0. The Morgan fingerprint density at radius 3 is 3.04 bits per heavy atom. The van der Waals surface area contributed by atoms with E-state index in [2.05, 4.69) is 19.8 Å². The molecule has 2 aromatic rings. The van der Waals surface area contributed by atoms with Gasteiger partial charge in [-0.3, -0.25) is 9.69 Å². The van der Waals surface area contributed by atoms with Crippen LogP contribution in [0.15, 0.2) is 36.8 Å². The first kappa shape index (κ1) is 17.2. The van der Waals surface area contributed by atoms with Crippen LogP contribution in [0.4, 0.5) is 4.39 Å². The van der Waals surface area contributed by atoms with E-state index in [-0.39, 0.29) is 11.7 Å². The Hall–Kier alpha value is -2.21. The Labute approximate surface area is 153 Å². The molecule has 1 aromatic heterocycles. The molecular formula is C20H25FN4O. The van der Waals surface area contributed by atoms with Crippen LogP contribution in [0.25, 0.3) is 0 Å². The van der Waals surface area contributed by atoms with Gasteiger partial charge in [0.05, 0.1) is 6.33 Å². The van der Waals surface area contributed by atoms with E-state index in [0.717, 1.165) is 56.7 Å². The molecule has 0 spiro atoms. The van der Waals surface area contributed by atoms with Crippen LogP contribution in [0.2, 0.25) is 0 Å². The SMILES string of the molecule is O=C1CC[C@H]2CN(Cc3cccc(F)c3)CC[C@H]2N1CCc1cnc[nH]1. The molecule has 1 amide bonds. The highest BCUT2D eigenvalue weighted by Gasteiger charge is 2.38. The molecule has 2 aliphatic heterocycles. The summed E-state index contributed by atoms with van der Waals surface area (Å²) in [5.74, 6) is 0.617. The van der Waals surface area contributed by atoms with Crippen molar-refractivity contribution >= 4 is 5.91 Å². The highest BCUT2D eigenvalue weighted by Crippen LogP contribution is 2.32. The molecule has 4 rings (SSSR count). The maximum Gasteiger partial charge on any atom is 0.222 e. The molecule has 1 aromatic carbocycles. The number of nitrogens with zero attached hydrogens (tertiary/aromatic N) is 3. The number of carbonyl (C=O) groups is 1. The van der Waals surface area contributed by atoms with Gasteiger partial charge in [-0.05, 0) is 36.5 Å². The Morgan fingerprint density at radius 2 is 2.23 bits per heavy atom. The number of nitrogens with one attached hydrogen (secondary N) is 1. The zero-order chi connectivity index (χ0) is 17.9. The Bertz CT molecular complexity index is 748. The molecule has 0 saturated carbocycles. The topological polar surface area (TPSA) is 52.2 Å². The van der Waals surface area contributed by atoms with Crippen LogP contribution in [0, 0.1) is 11.7 Å². The molecule has 0 bridgehead atoms. The van der Waals surface area contributed by atoms with Crippen LogP contribution in [-0.4, -0.2) is 51.4 Å². The third kappa shape index (κ3) is 3.80. The molecule has 0 unspecified atom stereocenters. The van der Waals surface area contributed by atoms with E-state index in [0.29, 0.717) is 18.4 Å². The van der Waals surface area contributed by atoms with Crippen molar-refractivity contribution in [2.45, 2.75) is 38.3 Å². The molecular weight excluding hydrogens is 331 g/mol. The maximum atomic E-state index is 13.4. The van der Waals surface area contributed by atoms with Crippen LogP contribution in [-0.2, 0) is 17.8 Å². The number of imidazole rings is 1. The zero-order valence-corrected chi connectivity index (χ0v) is 14.9. The van der Waals surface area contributed by atoms with Gasteiger partial charge < -0.3 is 9.88 Å². The molecule has 6 heteroatoms. The molecule has 2 fully saturated rings. The van der Waals surface area contributed by atoms with Crippen molar-refractivity contribution in [1.82, 2.24) is 19.8 Å². The monoisotopic (exact) mass is 356 g/mol. The molecule has 2 aliphatic rings. The van der Waals surface area contributed by atoms with E-state index >= 15 is 0 Å². The van der Waals surface area contributed by atoms with E-state index in [4.69, 9.17) is 0 Å². The van der Waals surface area contributed by atoms with Gasteiger partial charge in [-0.1, -0.05) is 12.1 Å². The number of piperidine rings is 2. The van der Waals surface area contributed by atoms with Crippen LogP contribution >= 0.6 is 0 Å². The summed E-state index contributed by atoms with van der Waals surface area (Å²) in [6.07, 6.45) is 6.92. The number of H-pyrrole nitrogens is 1. The fourth-order valence-corrected chi connectivity index (χ4v) is 4.42. The molecule has 5 nitrogen and oxygen atoms in total. The molecule has 2 atom stereocenters. The van der Waals surface area contributed by atoms with Crippen molar-refractivity contribution in [3.05, 3.63) is 53.9 Å². The number of aromatic amines is 1. The lowest BCUT2D eigenvalue weighted by atomic mass is 9.83. The van der Waals surface area contributed by atoms with Gasteiger partial charge >= 0.3 is 0 Å². The molecule has 1 N–H and O–H groups in total. The molecule has 2 saturated heterocycles. The van der Waals surface area contributed by atoms with Crippen LogP contribution in [0.3, 0.4) is 0 Å². The summed E-state index contributed by atoms with van der Waals surface area (Å²) < 4.78 is 13.4. The van der Waals surface area contributed by atoms with E-state index in [1.807, 2.05) is 12.3 Å². The first-order valence-electron chi connectivity index (χ1n) is 9.42. The third-order valence-corrected chi connectivity index (χ3v) is 5.70. The van der Waals surface area contributed by atoms with Gasteiger partial charge in [-0.15, -0.1) is 0 Å². The molecule has 26 heavy (non-hydrogen) atoms. The van der Waals surface area contributed by atoms with Gasteiger partial charge in [0.15, 0.2) is 0 Å². The standard InChI is InChI=1S/C20H25FN4O/c21-17-3-1-2-15(10-17)12-24-8-7-19-16(13-24)4-5-20(26)25(19)9-6-18-11-22-14-23-18/h1-3,10-11,14,16,19H,4-9,12-13H2,(H,22,23)/t16-,19+/m0/s1. The largest absolute Gasteiger partial charge is 0.348 e. The third-order valence-electron chi connectivity index (χ3n) is 5.70. The summed E-state index contributed by atoms with van der Waals surface area (Å²) in [6, 6.07) is 7.19. The van der Waals surface area contributed by atoms with Crippen molar-refractivity contribution in [2.75, 3.05) is 19.6 Å². The van der Waals surface area contributed by atoms with Gasteiger partial charge in [0.1, 0.15) is 5.82 Å². The predicted octanol–water partition coefficient (Wildman–Crippen LogP) is 2.60. The lowest BCUT2D eigenvalue weighted by Gasteiger charge is -2.47. The van der Waals surface area contributed by atoms with E-state index < -0.39 is 0 Å². The zero-order valence-electron chi connectivity index (χ0n) is 14.9. The Morgan fingerprint density at radius 1 is 1.31 bits per heavy atom. The number of amides is 1. The van der Waals surface area contributed by atoms with Crippen molar-refractivity contribution in [3.63, 3.8) is 0 Å². The quantitative estimate of drug-likeness (QED) is 0.896. The van der Waals surface area contributed by atoms with Gasteiger partial charge in [0.25, 0.3) is 0 Å². The summed E-state index contributed by atoms with van der Waals surface area (Å²) in [4.78, 5) is 24.1. The number of fused-ring (bicyclic) bond motifs is 1. The van der Waals surface area contributed by atoms with Crippen LogP contribution in [0.1, 0.15) is 30.5 Å². The fourth-order valence-electron chi connectivity index (χ4n) is 4.42. The summed E-state index contributed by atoms with van der Waals surface area (Å²) in [5, 5.41) is 0. The first-order valence-corrected chi connectivity index (χ1v) is 9.42. The second kappa shape index (κ2) is 7.58. The number of halogens is 1. The van der Waals surface area contributed by atoms with E-state index in [1.54, 1.807) is 18.5 Å². The average Bonchev–Trinajstić information content (AvgIpc) is 3.14. The summed E-state index contributed by atoms with van der Waals surface area (Å²) in [6.45, 7) is 3.47. The molecule has 0 aliphatic carbocycles.